The van der Waals surface area contributed by atoms with Crippen molar-refractivity contribution in [3.63, 3.8) is 0 Å². The van der Waals surface area contributed by atoms with Gasteiger partial charge in [-0.2, -0.15) is 0 Å². The van der Waals surface area contributed by atoms with Gasteiger partial charge >= 0.3 is 0 Å². The maximum atomic E-state index is 3.69. The molecule has 2 unspecified atom stereocenters. The van der Waals surface area contributed by atoms with Crippen LogP contribution in [0, 0.1) is 25.7 Å². The second kappa shape index (κ2) is 7.26. The summed E-state index contributed by atoms with van der Waals surface area (Å²) in [4.78, 5) is 0. The second-order valence-electron chi connectivity index (χ2n) is 7.06. The van der Waals surface area contributed by atoms with Gasteiger partial charge in [0.05, 0.1) is 0 Å². The Morgan fingerprint density at radius 2 is 1.90 bits per heavy atom. The van der Waals surface area contributed by atoms with Gasteiger partial charge in [-0.1, -0.05) is 50.5 Å². The van der Waals surface area contributed by atoms with Gasteiger partial charge in [-0.25, -0.2) is 0 Å². The Labute approximate surface area is 125 Å². The largest absolute Gasteiger partial charge is 0.316 e. The molecule has 1 fully saturated rings. The highest BCUT2D eigenvalue weighted by Crippen LogP contribution is 2.38. The SMILES string of the molecule is Cc1ccc(C2CCCCC2CNCC(C)C)c(C)c1. The minimum Gasteiger partial charge on any atom is -0.316 e. The molecule has 0 radical (unpaired) electrons. The zero-order valence-corrected chi connectivity index (χ0v) is 13.7. The fourth-order valence-electron chi connectivity index (χ4n) is 3.66. The Morgan fingerprint density at radius 3 is 2.60 bits per heavy atom. The highest BCUT2D eigenvalue weighted by atomic mass is 14.9. The topological polar surface area (TPSA) is 12.0 Å². The predicted octanol–water partition coefficient (Wildman–Crippen LogP) is 4.82. The maximum absolute atomic E-state index is 3.69. The van der Waals surface area contributed by atoms with Crippen molar-refractivity contribution in [3.8, 4) is 0 Å². The lowest BCUT2D eigenvalue weighted by Gasteiger charge is -2.33. The van der Waals surface area contributed by atoms with Crippen LogP contribution in [0.15, 0.2) is 18.2 Å². The van der Waals surface area contributed by atoms with Crippen molar-refractivity contribution in [2.24, 2.45) is 11.8 Å². The minimum atomic E-state index is 0.748. The van der Waals surface area contributed by atoms with Crippen molar-refractivity contribution in [2.45, 2.75) is 59.3 Å². The van der Waals surface area contributed by atoms with Crippen molar-refractivity contribution in [2.75, 3.05) is 13.1 Å². The van der Waals surface area contributed by atoms with E-state index in [0.29, 0.717) is 0 Å². The molecule has 1 N–H and O–H groups in total. The van der Waals surface area contributed by atoms with Crippen molar-refractivity contribution in [3.05, 3.63) is 34.9 Å². The van der Waals surface area contributed by atoms with E-state index in [4.69, 9.17) is 0 Å². The standard InChI is InChI=1S/C19H31N/c1-14(2)12-20-13-17-7-5-6-8-19(17)18-10-9-15(3)11-16(18)4/h9-11,14,17,19-20H,5-8,12-13H2,1-4H3. The van der Waals surface area contributed by atoms with Crippen molar-refractivity contribution < 1.29 is 0 Å². The van der Waals surface area contributed by atoms with Crippen LogP contribution in [0.4, 0.5) is 0 Å². The molecule has 0 saturated heterocycles. The van der Waals surface area contributed by atoms with Gasteiger partial charge in [-0.05, 0) is 68.7 Å². The van der Waals surface area contributed by atoms with Crippen molar-refractivity contribution in [1.82, 2.24) is 5.32 Å². The Kier molecular flexibility index (Phi) is 5.65. The Bertz CT molecular complexity index is 422. The van der Waals surface area contributed by atoms with E-state index in [1.165, 1.54) is 43.4 Å². The third-order valence-corrected chi connectivity index (χ3v) is 4.69. The van der Waals surface area contributed by atoms with Gasteiger partial charge in [-0.3, -0.25) is 0 Å². The van der Waals surface area contributed by atoms with E-state index in [0.717, 1.165) is 24.3 Å². The van der Waals surface area contributed by atoms with Gasteiger partial charge in [0.2, 0.25) is 0 Å². The summed E-state index contributed by atoms with van der Waals surface area (Å²) in [6.45, 7) is 11.4. The van der Waals surface area contributed by atoms with E-state index in [1.54, 1.807) is 5.56 Å². The van der Waals surface area contributed by atoms with Gasteiger partial charge < -0.3 is 5.32 Å². The van der Waals surface area contributed by atoms with E-state index >= 15 is 0 Å². The summed E-state index contributed by atoms with van der Waals surface area (Å²) >= 11 is 0. The summed E-state index contributed by atoms with van der Waals surface area (Å²) in [7, 11) is 0. The van der Waals surface area contributed by atoms with E-state index in [2.05, 4.69) is 51.2 Å². The Morgan fingerprint density at radius 1 is 1.15 bits per heavy atom. The van der Waals surface area contributed by atoms with E-state index in [9.17, 15) is 0 Å². The molecule has 1 aliphatic rings. The van der Waals surface area contributed by atoms with Crippen LogP contribution in [-0.2, 0) is 0 Å². The monoisotopic (exact) mass is 273 g/mol. The number of hydrogen-bond donors (Lipinski definition) is 1. The van der Waals surface area contributed by atoms with Gasteiger partial charge in [-0.15, -0.1) is 0 Å². The molecule has 1 heteroatoms. The first-order chi connectivity index (χ1) is 9.58. The van der Waals surface area contributed by atoms with E-state index in [-0.39, 0.29) is 0 Å². The molecule has 2 atom stereocenters. The lowest BCUT2D eigenvalue weighted by Crippen LogP contribution is -2.31. The smallest absolute Gasteiger partial charge is 0.00146 e. The highest BCUT2D eigenvalue weighted by Gasteiger charge is 2.27. The van der Waals surface area contributed by atoms with Crippen LogP contribution in [0.1, 0.15) is 62.1 Å². The molecule has 0 amide bonds. The lowest BCUT2D eigenvalue weighted by molar-refractivity contribution is 0.291. The van der Waals surface area contributed by atoms with Gasteiger partial charge in [0, 0.05) is 0 Å². The fourth-order valence-corrected chi connectivity index (χ4v) is 3.66. The van der Waals surface area contributed by atoms with Gasteiger partial charge in [0.15, 0.2) is 0 Å². The number of benzene rings is 1. The molecular formula is C19H31N. The zero-order valence-electron chi connectivity index (χ0n) is 13.7. The fraction of sp³-hybridized carbons (Fsp3) is 0.684. The molecule has 1 aromatic rings. The minimum absolute atomic E-state index is 0.748. The third-order valence-electron chi connectivity index (χ3n) is 4.69. The van der Waals surface area contributed by atoms with Gasteiger partial charge in [0.1, 0.15) is 0 Å². The average Bonchev–Trinajstić information content (AvgIpc) is 2.39. The van der Waals surface area contributed by atoms with Crippen LogP contribution >= 0.6 is 0 Å². The van der Waals surface area contributed by atoms with Crippen LogP contribution in [-0.4, -0.2) is 13.1 Å². The number of nitrogens with one attached hydrogen (secondary N) is 1. The molecule has 1 saturated carbocycles. The van der Waals surface area contributed by atoms with Gasteiger partial charge in [0.25, 0.3) is 0 Å². The summed E-state index contributed by atoms with van der Waals surface area (Å²) in [6.07, 6.45) is 5.58. The first-order valence-electron chi connectivity index (χ1n) is 8.35. The van der Waals surface area contributed by atoms with E-state index < -0.39 is 0 Å². The molecule has 0 bridgehead atoms. The molecule has 112 valence electrons. The van der Waals surface area contributed by atoms with Crippen molar-refractivity contribution >= 4 is 0 Å². The first kappa shape index (κ1) is 15.6. The molecule has 1 nitrogen and oxygen atoms in total. The molecule has 1 aromatic carbocycles. The zero-order chi connectivity index (χ0) is 14.5. The van der Waals surface area contributed by atoms with Crippen LogP contribution in [0.5, 0.6) is 0 Å². The summed E-state index contributed by atoms with van der Waals surface area (Å²) < 4.78 is 0. The number of hydrogen-bond acceptors (Lipinski definition) is 1. The third kappa shape index (κ3) is 4.09. The molecule has 0 spiro atoms. The highest BCUT2D eigenvalue weighted by molar-refractivity contribution is 5.33. The van der Waals surface area contributed by atoms with Crippen LogP contribution < -0.4 is 5.32 Å². The second-order valence-corrected chi connectivity index (χ2v) is 7.06. The van der Waals surface area contributed by atoms with Crippen molar-refractivity contribution in [1.29, 1.82) is 0 Å². The first-order valence-corrected chi connectivity index (χ1v) is 8.35. The lowest BCUT2D eigenvalue weighted by atomic mass is 9.74. The van der Waals surface area contributed by atoms with Crippen LogP contribution in [0.25, 0.3) is 0 Å². The molecule has 0 aliphatic heterocycles. The number of rotatable bonds is 5. The number of aryl methyl sites for hydroxylation is 2. The van der Waals surface area contributed by atoms with E-state index in [1.807, 2.05) is 0 Å². The quantitative estimate of drug-likeness (QED) is 0.811. The Hall–Kier alpha value is -0.820. The molecule has 0 aromatic heterocycles. The molecule has 2 rings (SSSR count). The maximum Gasteiger partial charge on any atom is -0.00146 e. The summed E-state index contributed by atoms with van der Waals surface area (Å²) in [6, 6.07) is 7.02. The summed E-state index contributed by atoms with van der Waals surface area (Å²) in [5, 5.41) is 3.69. The molecule has 0 heterocycles. The summed E-state index contributed by atoms with van der Waals surface area (Å²) in [5.74, 6) is 2.34. The normalized spacial score (nSPS) is 23.2. The summed E-state index contributed by atoms with van der Waals surface area (Å²) in [5.41, 5.74) is 4.48. The molecule has 20 heavy (non-hydrogen) atoms. The van der Waals surface area contributed by atoms with Crippen LogP contribution in [0.3, 0.4) is 0 Å². The Balaban J connectivity index is 2.06. The average molecular weight is 273 g/mol. The molecular weight excluding hydrogens is 242 g/mol. The molecule has 1 aliphatic carbocycles. The van der Waals surface area contributed by atoms with Crippen LogP contribution in [0.2, 0.25) is 0 Å². The predicted molar refractivity (Wildman–Crippen MR) is 88.3 cm³/mol.